The van der Waals surface area contributed by atoms with Crippen LogP contribution in [0.2, 0.25) is 0 Å². The van der Waals surface area contributed by atoms with Crippen LogP contribution in [0.15, 0.2) is 27.6 Å². The molecule has 1 aromatic carbocycles. The second-order valence-electron chi connectivity index (χ2n) is 6.30. The molecule has 21 heavy (non-hydrogen) atoms. The smallest absolute Gasteiger partial charge is 0.207 e. The Morgan fingerprint density at radius 3 is 2.52 bits per heavy atom. The van der Waals surface area contributed by atoms with Gasteiger partial charge in [0.1, 0.15) is 0 Å². The van der Waals surface area contributed by atoms with Crippen molar-refractivity contribution >= 4 is 26.0 Å². The molecule has 1 unspecified atom stereocenters. The van der Waals surface area contributed by atoms with Crippen LogP contribution in [0, 0.1) is 12.8 Å². The van der Waals surface area contributed by atoms with Crippen molar-refractivity contribution < 1.29 is 8.42 Å². The number of aryl methyl sites for hydroxylation is 1. The molecule has 0 aromatic heterocycles. The first-order valence-corrected chi connectivity index (χ1v) is 10.0. The van der Waals surface area contributed by atoms with E-state index in [0.29, 0.717) is 21.8 Å². The maximum Gasteiger partial charge on any atom is 0.244 e. The monoisotopic (exact) mass is 371 g/mol. The van der Waals surface area contributed by atoms with E-state index < -0.39 is 10.0 Å². The Morgan fingerprint density at radius 1 is 1.14 bits per heavy atom. The number of hydrogen-bond donors (Lipinski definition) is 0. The first-order valence-electron chi connectivity index (χ1n) is 7.78. The van der Waals surface area contributed by atoms with Gasteiger partial charge in [0.15, 0.2) is 0 Å². The standard InChI is InChI=1S/C16H22BrNO2S/c1-12-8-9-16(14(17)11-12)21(19,20)18-10-4-7-15(18)13-5-2-3-6-13/h8-9,11,13,15H,2-7,10H2,1H3. The van der Waals surface area contributed by atoms with Crippen molar-refractivity contribution in [2.45, 2.75) is 56.4 Å². The zero-order chi connectivity index (χ0) is 15.0. The fourth-order valence-electron chi connectivity index (χ4n) is 3.82. The van der Waals surface area contributed by atoms with Crippen molar-refractivity contribution in [1.82, 2.24) is 4.31 Å². The molecule has 0 amide bonds. The minimum absolute atomic E-state index is 0.214. The number of halogens is 1. The van der Waals surface area contributed by atoms with E-state index in [2.05, 4.69) is 15.9 Å². The fourth-order valence-corrected chi connectivity index (χ4v) is 6.73. The molecule has 0 N–H and O–H groups in total. The van der Waals surface area contributed by atoms with Crippen molar-refractivity contribution in [1.29, 1.82) is 0 Å². The Hall–Kier alpha value is -0.390. The summed E-state index contributed by atoms with van der Waals surface area (Å²) in [5.41, 5.74) is 1.06. The van der Waals surface area contributed by atoms with Gasteiger partial charge in [-0.25, -0.2) is 8.42 Å². The molecule has 1 aliphatic heterocycles. The molecule has 3 rings (SSSR count). The van der Waals surface area contributed by atoms with Gasteiger partial charge in [-0.15, -0.1) is 0 Å². The highest BCUT2D eigenvalue weighted by Crippen LogP contribution is 2.39. The first kappa shape index (κ1) is 15.5. The van der Waals surface area contributed by atoms with E-state index in [1.54, 1.807) is 10.4 Å². The summed E-state index contributed by atoms with van der Waals surface area (Å²) in [6, 6.07) is 5.70. The molecule has 0 spiro atoms. The summed E-state index contributed by atoms with van der Waals surface area (Å²) in [6.45, 7) is 2.64. The largest absolute Gasteiger partial charge is 0.244 e. The van der Waals surface area contributed by atoms with Gasteiger partial charge in [0.25, 0.3) is 0 Å². The molecule has 1 atom stereocenters. The maximum absolute atomic E-state index is 13.0. The van der Waals surface area contributed by atoms with Crippen LogP contribution in [-0.4, -0.2) is 25.3 Å². The lowest BCUT2D eigenvalue weighted by molar-refractivity contribution is 0.288. The summed E-state index contributed by atoms with van der Waals surface area (Å²) in [4.78, 5) is 0.415. The Bertz CT molecular complexity index is 623. The van der Waals surface area contributed by atoms with Crippen molar-refractivity contribution in [3.05, 3.63) is 28.2 Å². The predicted octanol–water partition coefficient (Wildman–Crippen LogP) is 4.10. The van der Waals surface area contributed by atoms with Gasteiger partial charge in [-0.05, 0) is 72.2 Å². The van der Waals surface area contributed by atoms with Crippen LogP contribution >= 0.6 is 15.9 Å². The van der Waals surface area contributed by atoms with E-state index in [0.717, 1.165) is 18.4 Å². The van der Waals surface area contributed by atoms with Crippen LogP contribution < -0.4 is 0 Å². The Kier molecular flexibility index (Phi) is 4.44. The Labute approximate surface area is 135 Å². The Morgan fingerprint density at radius 2 is 1.86 bits per heavy atom. The molecule has 2 fully saturated rings. The molecule has 5 heteroatoms. The molecule has 1 saturated heterocycles. The predicted molar refractivity (Wildman–Crippen MR) is 87.8 cm³/mol. The van der Waals surface area contributed by atoms with Crippen LogP contribution in [-0.2, 0) is 10.0 Å². The summed E-state index contributed by atoms with van der Waals surface area (Å²) in [6.07, 6.45) is 6.89. The van der Waals surface area contributed by atoms with E-state index in [9.17, 15) is 8.42 Å². The van der Waals surface area contributed by atoms with Gasteiger partial charge in [0.05, 0.1) is 4.90 Å². The van der Waals surface area contributed by atoms with Crippen LogP contribution in [0.3, 0.4) is 0 Å². The first-order chi connectivity index (χ1) is 10.00. The summed E-state index contributed by atoms with van der Waals surface area (Å²) in [7, 11) is -3.39. The quantitative estimate of drug-likeness (QED) is 0.801. The summed E-state index contributed by atoms with van der Waals surface area (Å²) >= 11 is 3.43. The van der Waals surface area contributed by atoms with Crippen LogP contribution in [0.4, 0.5) is 0 Å². The lowest BCUT2D eigenvalue weighted by Crippen LogP contribution is -2.39. The summed E-state index contributed by atoms with van der Waals surface area (Å²) in [5, 5.41) is 0. The maximum atomic E-state index is 13.0. The van der Waals surface area contributed by atoms with Crippen LogP contribution in [0.25, 0.3) is 0 Å². The minimum atomic E-state index is -3.39. The van der Waals surface area contributed by atoms with Gasteiger partial charge < -0.3 is 0 Å². The molecule has 0 radical (unpaired) electrons. The van der Waals surface area contributed by atoms with Gasteiger partial charge in [0.2, 0.25) is 10.0 Å². The van der Waals surface area contributed by atoms with Gasteiger partial charge in [-0.3, -0.25) is 0 Å². The van der Waals surface area contributed by atoms with Gasteiger partial charge >= 0.3 is 0 Å². The molecule has 2 aliphatic rings. The van der Waals surface area contributed by atoms with Gasteiger partial charge in [-0.2, -0.15) is 4.31 Å². The second-order valence-corrected chi connectivity index (χ2v) is 9.02. The number of nitrogens with zero attached hydrogens (tertiary/aromatic N) is 1. The van der Waals surface area contributed by atoms with Gasteiger partial charge in [0, 0.05) is 17.1 Å². The molecule has 1 aromatic rings. The van der Waals surface area contributed by atoms with E-state index in [4.69, 9.17) is 0 Å². The third kappa shape index (κ3) is 2.92. The van der Waals surface area contributed by atoms with Crippen molar-refractivity contribution in [3.8, 4) is 0 Å². The highest BCUT2D eigenvalue weighted by Gasteiger charge is 2.40. The van der Waals surface area contributed by atoms with Crippen molar-refractivity contribution in [2.24, 2.45) is 5.92 Å². The number of hydrogen-bond acceptors (Lipinski definition) is 2. The Balaban J connectivity index is 1.93. The van der Waals surface area contributed by atoms with Crippen molar-refractivity contribution in [3.63, 3.8) is 0 Å². The number of sulfonamides is 1. The SMILES string of the molecule is Cc1ccc(S(=O)(=O)N2CCCC2C2CCCC2)c(Br)c1. The molecular formula is C16H22BrNO2S. The molecule has 3 nitrogen and oxygen atoms in total. The van der Waals surface area contributed by atoms with Gasteiger partial charge in [-0.1, -0.05) is 18.9 Å². The van der Waals surface area contributed by atoms with Crippen LogP contribution in [0.1, 0.15) is 44.1 Å². The van der Waals surface area contributed by atoms with Crippen LogP contribution in [0.5, 0.6) is 0 Å². The highest BCUT2D eigenvalue weighted by atomic mass is 79.9. The molecule has 1 aliphatic carbocycles. The number of benzene rings is 1. The molecular weight excluding hydrogens is 350 g/mol. The summed E-state index contributed by atoms with van der Waals surface area (Å²) < 4.78 is 28.5. The number of rotatable bonds is 3. The fraction of sp³-hybridized carbons (Fsp3) is 0.625. The van der Waals surface area contributed by atoms with E-state index in [-0.39, 0.29) is 6.04 Å². The molecule has 1 saturated carbocycles. The second kappa shape index (κ2) is 6.01. The average molecular weight is 372 g/mol. The lowest BCUT2D eigenvalue weighted by Gasteiger charge is -2.29. The molecule has 116 valence electrons. The lowest BCUT2D eigenvalue weighted by atomic mass is 9.97. The highest BCUT2D eigenvalue weighted by molar-refractivity contribution is 9.10. The third-order valence-electron chi connectivity index (χ3n) is 4.87. The van der Waals surface area contributed by atoms with E-state index in [1.165, 1.54) is 25.7 Å². The molecule has 0 bridgehead atoms. The van der Waals surface area contributed by atoms with Crippen molar-refractivity contribution in [2.75, 3.05) is 6.54 Å². The third-order valence-corrected chi connectivity index (χ3v) is 7.77. The molecule has 1 heterocycles. The van der Waals surface area contributed by atoms with E-state index in [1.807, 2.05) is 19.1 Å². The normalized spacial score (nSPS) is 24.8. The zero-order valence-corrected chi connectivity index (χ0v) is 14.8. The topological polar surface area (TPSA) is 37.4 Å². The summed E-state index contributed by atoms with van der Waals surface area (Å²) in [5.74, 6) is 0.562. The van der Waals surface area contributed by atoms with E-state index >= 15 is 0 Å². The zero-order valence-electron chi connectivity index (χ0n) is 12.4. The average Bonchev–Trinajstić information content (AvgIpc) is 3.09. The minimum Gasteiger partial charge on any atom is -0.207 e.